The first-order chi connectivity index (χ1) is 27.4. The number of alkyl halides is 1. The summed E-state index contributed by atoms with van der Waals surface area (Å²) in [4.78, 5) is 26.8. The summed E-state index contributed by atoms with van der Waals surface area (Å²) in [6, 6.07) is 12.3. The zero-order valence-corrected chi connectivity index (χ0v) is 31.7. The summed E-state index contributed by atoms with van der Waals surface area (Å²) < 4.78 is 72.9. The molecule has 2 atom stereocenters. The van der Waals surface area contributed by atoms with Crippen LogP contribution in [0.4, 0.5) is 8.78 Å². The minimum Gasteiger partial charge on any atom is -0.491 e. The van der Waals surface area contributed by atoms with E-state index in [0.717, 1.165) is 56.5 Å². The summed E-state index contributed by atoms with van der Waals surface area (Å²) >= 11 is 8.05. The molecule has 16 heteroatoms. The number of aliphatic carboxylic acids is 1. The Hall–Kier alpha value is -5.09. The van der Waals surface area contributed by atoms with E-state index in [1.54, 1.807) is 26.0 Å². The molecule has 1 aliphatic rings. The maximum atomic E-state index is 16.7. The second-order valence-corrected chi connectivity index (χ2v) is 14.2. The Kier molecular flexibility index (Phi) is 10.8. The number of benzene rings is 2. The molecule has 12 nitrogen and oxygen atoms in total. The number of aryl methyl sites for hydroxylation is 1. The van der Waals surface area contributed by atoms with E-state index in [-0.39, 0.29) is 34.0 Å². The highest BCUT2D eigenvalue weighted by molar-refractivity contribution is 7.22. The van der Waals surface area contributed by atoms with Gasteiger partial charge in [0.25, 0.3) is 6.01 Å². The third-order valence-corrected chi connectivity index (χ3v) is 11.0. The lowest BCUT2D eigenvalue weighted by molar-refractivity contribution is -0.148. The van der Waals surface area contributed by atoms with Crippen LogP contribution < -0.4 is 14.2 Å². The van der Waals surface area contributed by atoms with Crippen LogP contribution in [0, 0.1) is 12.9 Å². The van der Waals surface area contributed by atoms with E-state index in [0.29, 0.717) is 50.3 Å². The molecule has 288 valence electrons. The number of aromatic nitrogens is 4. The first-order valence-corrected chi connectivity index (χ1v) is 18.8. The van der Waals surface area contributed by atoms with Gasteiger partial charge in [0.2, 0.25) is 12.0 Å². The molecule has 1 saturated heterocycles. The van der Waals surface area contributed by atoms with Gasteiger partial charge in [-0.05, 0) is 56.3 Å². The van der Waals surface area contributed by atoms with Crippen molar-refractivity contribution >= 4 is 39.1 Å². The quantitative estimate of drug-likeness (QED) is 0.110. The van der Waals surface area contributed by atoms with Gasteiger partial charge in [-0.2, -0.15) is 9.49 Å². The Balaban J connectivity index is 1.24. The minimum atomic E-state index is -2.46. The summed E-state index contributed by atoms with van der Waals surface area (Å²) in [5.74, 6) is -1.57. The lowest BCUT2D eigenvalue weighted by Gasteiger charge is -2.32. The number of hydrogen-bond acceptors (Lipinski definition) is 11. The molecule has 7 rings (SSSR count). The number of furan rings is 1. The van der Waals surface area contributed by atoms with Gasteiger partial charge in [-0.1, -0.05) is 35.9 Å². The van der Waals surface area contributed by atoms with Gasteiger partial charge in [0.15, 0.2) is 6.17 Å². The van der Waals surface area contributed by atoms with E-state index >= 15 is 4.39 Å². The van der Waals surface area contributed by atoms with Crippen molar-refractivity contribution < 1.29 is 40.1 Å². The maximum Gasteiger partial charge on any atom is 0.348 e. The smallest absolute Gasteiger partial charge is 0.348 e. The number of ether oxygens (including phenoxy) is 3. The molecule has 6 aromatic rings. The molecule has 1 aliphatic heterocycles. The van der Waals surface area contributed by atoms with E-state index < -0.39 is 30.8 Å². The first-order valence-electron chi connectivity index (χ1n) is 18.6. The summed E-state index contributed by atoms with van der Waals surface area (Å²) in [5, 5.41) is 15.0. The molecule has 5 heterocycles. The number of rotatable bonds is 15. The zero-order valence-electron chi connectivity index (χ0n) is 32.2. The van der Waals surface area contributed by atoms with E-state index in [1.165, 1.54) is 47.3 Å². The van der Waals surface area contributed by atoms with Crippen molar-refractivity contribution in [3.63, 3.8) is 0 Å². The second-order valence-electron chi connectivity index (χ2n) is 12.9. The predicted molar refractivity (Wildman–Crippen MR) is 204 cm³/mol. The van der Waals surface area contributed by atoms with Crippen LogP contribution >= 0.6 is 22.9 Å². The highest BCUT2D eigenvalue weighted by atomic mass is 35.5. The molecule has 2 unspecified atom stereocenters. The van der Waals surface area contributed by atoms with Crippen LogP contribution in [0.2, 0.25) is 5.02 Å². The first kappa shape index (κ1) is 35.6. The van der Waals surface area contributed by atoms with Gasteiger partial charge in [0.1, 0.15) is 41.6 Å². The van der Waals surface area contributed by atoms with Crippen molar-refractivity contribution in [1.82, 2.24) is 29.5 Å². The number of fused-ring (bicyclic) bond motifs is 1. The predicted octanol–water partition coefficient (Wildman–Crippen LogP) is 7.68. The van der Waals surface area contributed by atoms with Crippen LogP contribution in [0.25, 0.3) is 32.0 Å². The van der Waals surface area contributed by atoms with Gasteiger partial charge in [-0.25, -0.2) is 19.2 Å². The van der Waals surface area contributed by atoms with E-state index in [2.05, 4.69) is 31.9 Å². The van der Waals surface area contributed by atoms with Gasteiger partial charge in [0.05, 0.1) is 23.7 Å². The van der Waals surface area contributed by atoms with Crippen molar-refractivity contribution in [2.24, 2.45) is 0 Å². The molecule has 0 bridgehead atoms. The molecule has 0 saturated carbocycles. The highest BCUT2D eigenvalue weighted by Gasteiger charge is 2.36. The Labute approximate surface area is 327 Å². The summed E-state index contributed by atoms with van der Waals surface area (Å²) in [5.41, 5.74) is 1.33. The van der Waals surface area contributed by atoms with Crippen LogP contribution in [0.3, 0.4) is 0 Å². The SMILES string of the molecule is [2H]C([2H])(Oc1ccccc1C(F)C(Oc1ncnc2sc(-c3ccc(F)o3)c(-c3ccc(OCCN4CCN(C)CC4)c(Cl)c3C)c12)C(=O)O)c1ccnn1CC. The number of thiophene rings is 1. The van der Waals surface area contributed by atoms with Crippen LogP contribution in [0.5, 0.6) is 17.4 Å². The molecule has 1 N–H and O–H groups in total. The van der Waals surface area contributed by atoms with Gasteiger partial charge in [-0.15, -0.1) is 11.3 Å². The molecular weight excluding hydrogens is 754 g/mol. The number of piperazine rings is 1. The van der Waals surface area contributed by atoms with E-state index in [4.69, 9.17) is 33.0 Å². The van der Waals surface area contributed by atoms with Gasteiger partial charge in [-0.3, -0.25) is 9.58 Å². The van der Waals surface area contributed by atoms with Crippen molar-refractivity contribution in [3.05, 3.63) is 95.0 Å². The van der Waals surface area contributed by atoms with Gasteiger partial charge >= 0.3 is 5.97 Å². The van der Waals surface area contributed by atoms with Crippen LogP contribution in [-0.4, -0.2) is 93.1 Å². The maximum absolute atomic E-state index is 16.7. The second kappa shape index (κ2) is 16.7. The number of nitrogens with zero attached hydrogens (tertiary/aromatic N) is 6. The Morgan fingerprint density at radius 3 is 2.64 bits per heavy atom. The van der Waals surface area contributed by atoms with E-state index in [9.17, 15) is 14.3 Å². The standard InChI is InChI=1S/C39H39ClF2N6O6S/c1-4-48-24(13-14-45-48)21-52-27-8-6-5-7-26(27)34(42)35(39(49)50)54-37-32-31(36(29-11-12-30(41)53-29)55-38(32)44-22-43-37)25-9-10-28(33(40)23(25)2)51-20-19-47-17-15-46(3)16-18-47/h5-14,22,34-35H,4,15-21H2,1-3H3,(H,49,50)/i21D2. The number of halogens is 3. The number of para-hydroxylation sites is 1. The number of likely N-dealkylation sites (N-methyl/N-ethyl adjacent to an activating group) is 1. The monoisotopic (exact) mass is 794 g/mol. The van der Waals surface area contributed by atoms with Gasteiger partial charge < -0.3 is 28.6 Å². The third kappa shape index (κ3) is 8.15. The fraction of sp³-hybridized carbons (Fsp3) is 0.333. The normalized spacial score (nSPS) is 15.7. The Morgan fingerprint density at radius 2 is 1.89 bits per heavy atom. The summed E-state index contributed by atoms with van der Waals surface area (Å²) in [6.07, 6.45) is -2.01. The molecule has 0 amide bonds. The molecular formula is C39H39ClF2N6O6S. The molecule has 0 radical (unpaired) electrons. The van der Waals surface area contributed by atoms with Crippen molar-refractivity contribution in [1.29, 1.82) is 0 Å². The molecule has 1 fully saturated rings. The summed E-state index contributed by atoms with van der Waals surface area (Å²) in [6.45, 7) is 6.43. The zero-order chi connectivity index (χ0) is 40.4. The number of carbonyl (C=O) groups is 1. The molecule has 55 heavy (non-hydrogen) atoms. The lowest BCUT2D eigenvalue weighted by Crippen LogP contribution is -2.45. The topological polar surface area (TPSA) is 128 Å². The largest absolute Gasteiger partial charge is 0.491 e. The molecule has 4 aromatic heterocycles. The van der Waals surface area contributed by atoms with Crippen molar-refractivity contribution in [2.75, 3.05) is 46.4 Å². The average molecular weight is 795 g/mol. The van der Waals surface area contributed by atoms with Crippen molar-refractivity contribution in [3.8, 4) is 39.1 Å². The number of hydrogen-bond donors (Lipinski definition) is 1. The summed E-state index contributed by atoms with van der Waals surface area (Å²) in [7, 11) is 2.10. The Bertz CT molecular complexity index is 2390. The average Bonchev–Trinajstić information content (AvgIpc) is 3.95. The van der Waals surface area contributed by atoms with Crippen LogP contribution in [-0.2, 0) is 17.9 Å². The van der Waals surface area contributed by atoms with Crippen LogP contribution in [0.15, 0.2) is 71.5 Å². The number of carboxylic acid groups (broad SMARTS) is 1. The molecule has 0 aliphatic carbocycles. The van der Waals surface area contributed by atoms with E-state index in [1.807, 2.05) is 0 Å². The van der Waals surface area contributed by atoms with Crippen LogP contribution in [0.1, 0.15) is 32.7 Å². The fourth-order valence-corrected chi connectivity index (χ4v) is 7.69. The Morgan fingerprint density at radius 1 is 1.09 bits per heavy atom. The fourth-order valence-electron chi connectivity index (χ4n) is 6.36. The highest BCUT2D eigenvalue weighted by Crippen LogP contribution is 2.50. The van der Waals surface area contributed by atoms with Crippen molar-refractivity contribution in [2.45, 2.75) is 39.2 Å². The van der Waals surface area contributed by atoms with Gasteiger partial charge in [0, 0.05) is 62.7 Å². The number of carboxylic acids is 1. The third-order valence-electron chi connectivity index (χ3n) is 9.38. The minimum absolute atomic E-state index is 0.0856. The molecule has 0 spiro atoms. The molecule has 2 aromatic carbocycles. The lowest BCUT2D eigenvalue weighted by atomic mass is 9.97.